The van der Waals surface area contributed by atoms with Gasteiger partial charge in [0.05, 0.1) is 11.4 Å². The highest BCUT2D eigenvalue weighted by Crippen LogP contribution is 2.18. The van der Waals surface area contributed by atoms with Crippen LogP contribution in [0.5, 0.6) is 0 Å². The molecule has 0 aliphatic heterocycles. The van der Waals surface area contributed by atoms with Crippen molar-refractivity contribution in [1.82, 2.24) is 9.78 Å². The molecule has 6 heteroatoms. The Hall–Kier alpha value is -2.47. The Morgan fingerprint density at radius 2 is 2.08 bits per heavy atom. The summed E-state index contributed by atoms with van der Waals surface area (Å²) in [5.41, 5.74) is 1.49. The minimum absolute atomic E-state index is 0.0465. The molecule has 0 saturated heterocycles. The van der Waals surface area contributed by atoms with Gasteiger partial charge in [0.2, 0.25) is 5.91 Å². The molecule has 0 saturated carbocycles. The van der Waals surface area contributed by atoms with E-state index in [0.717, 1.165) is 18.5 Å². The molecule has 0 aliphatic carbocycles. The molecule has 4 nitrogen and oxygen atoms in total. The first-order valence-electron chi connectivity index (χ1n) is 7.76. The molecule has 0 aliphatic rings. The third-order valence-electron chi connectivity index (χ3n) is 3.58. The zero-order valence-corrected chi connectivity index (χ0v) is 14.1. The highest BCUT2D eigenvalue weighted by Gasteiger charge is 2.11. The van der Waals surface area contributed by atoms with Crippen molar-refractivity contribution in [2.75, 3.05) is 5.32 Å². The van der Waals surface area contributed by atoms with E-state index in [0.29, 0.717) is 17.9 Å². The van der Waals surface area contributed by atoms with Crippen molar-refractivity contribution in [3.05, 3.63) is 64.2 Å². The Kier molecular flexibility index (Phi) is 5.05. The molecule has 3 aromatic rings. The molecule has 0 bridgehead atoms. The van der Waals surface area contributed by atoms with Gasteiger partial charge in [-0.05, 0) is 55.5 Å². The first-order chi connectivity index (χ1) is 11.6. The number of hydrogen-bond donors (Lipinski definition) is 1. The highest BCUT2D eigenvalue weighted by molar-refractivity contribution is 7.09. The third-order valence-corrected chi connectivity index (χ3v) is 4.51. The summed E-state index contributed by atoms with van der Waals surface area (Å²) in [4.78, 5) is 13.5. The van der Waals surface area contributed by atoms with Crippen LogP contribution in [-0.4, -0.2) is 15.7 Å². The molecule has 0 fully saturated rings. The lowest BCUT2D eigenvalue weighted by Crippen LogP contribution is -2.14. The van der Waals surface area contributed by atoms with E-state index >= 15 is 0 Å². The van der Waals surface area contributed by atoms with Crippen LogP contribution >= 0.6 is 11.3 Å². The lowest BCUT2D eigenvalue weighted by Gasteiger charge is -2.09. The minimum atomic E-state index is -0.304. The fraction of sp³-hybridized carbons (Fsp3) is 0.222. The lowest BCUT2D eigenvalue weighted by molar-refractivity contribution is -0.116. The number of halogens is 1. The average molecular weight is 343 g/mol. The molecular weight excluding hydrogens is 325 g/mol. The number of hydrogen-bond acceptors (Lipinski definition) is 3. The van der Waals surface area contributed by atoms with Crippen molar-refractivity contribution < 1.29 is 9.18 Å². The highest BCUT2D eigenvalue weighted by atomic mass is 32.1. The summed E-state index contributed by atoms with van der Waals surface area (Å²) in [6.07, 6.45) is 2.16. The zero-order valence-electron chi connectivity index (χ0n) is 13.3. The van der Waals surface area contributed by atoms with E-state index in [1.54, 1.807) is 34.2 Å². The summed E-state index contributed by atoms with van der Waals surface area (Å²) in [5.74, 6) is 0.247. The monoisotopic (exact) mass is 343 g/mol. The number of rotatable bonds is 6. The van der Waals surface area contributed by atoms with Crippen molar-refractivity contribution in [2.45, 2.75) is 26.2 Å². The van der Waals surface area contributed by atoms with Gasteiger partial charge in [-0.3, -0.25) is 4.79 Å². The van der Waals surface area contributed by atoms with E-state index in [-0.39, 0.29) is 11.7 Å². The maximum Gasteiger partial charge on any atom is 0.225 e. The fourth-order valence-corrected chi connectivity index (χ4v) is 3.20. The van der Waals surface area contributed by atoms with Gasteiger partial charge in [-0.2, -0.15) is 5.10 Å². The number of carbonyl (C=O) groups is 1. The van der Waals surface area contributed by atoms with Gasteiger partial charge in [0.25, 0.3) is 0 Å². The fourth-order valence-electron chi connectivity index (χ4n) is 2.45. The molecule has 0 radical (unpaired) electrons. The van der Waals surface area contributed by atoms with E-state index in [2.05, 4.69) is 16.5 Å². The summed E-state index contributed by atoms with van der Waals surface area (Å²) >= 11 is 1.71. The molecule has 0 atom stereocenters. The molecule has 1 amide bonds. The second-order valence-corrected chi connectivity index (χ2v) is 6.57. The zero-order chi connectivity index (χ0) is 16.9. The van der Waals surface area contributed by atoms with Gasteiger partial charge in [-0.1, -0.05) is 6.07 Å². The number of aryl methyl sites for hydroxylation is 2. The standard InChI is InChI=1S/C18H18FN3OS/c1-13-12-17(22(21-13)15-9-7-14(19)8-10-15)20-18(23)6-2-4-16-5-3-11-24-16/h3,5,7-12H,2,4,6H2,1H3,(H,20,23). The smallest absolute Gasteiger partial charge is 0.225 e. The summed E-state index contributed by atoms with van der Waals surface area (Å²) in [6, 6.07) is 11.9. The first kappa shape index (κ1) is 16.4. The second kappa shape index (κ2) is 7.40. The molecule has 124 valence electrons. The van der Waals surface area contributed by atoms with Crippen molar-refractivity contribution in [2.24, 2.45) is 0 Å². The third kappa shape index (κ3) is 4.08. The SMILES string of the molecule is Cc1cc(NC(=O)CCCc2cccs2)n(-c2ccc(F)cc2)n1. The summed E-state index contributed by atoms with van der Waals surface area (Å²) in [5, 5.41) is 9.30. The van der Waals surface area contributed by atoms with Gasteiger partial charge in [-0.25, -0.2) is 9.07 Å². The molecule has 1 N–H and O–H groups in total. The van der Waals surface area contributed by atoms with Gasteiger partial charge < -0.3 is 5.32 Å². The summed E-state index contributed by atoms with van der Waals surface area (Å²) < 4.78 is 14.7. The second-order valence-electron chi connectivity index (χ2n) is 5.54. The Morgan fingerprint density at radius 3 is 2.79 bits per heavy atom. The van der Waals surface area contributed by atoms with E-state index in [9.17, 15) is 9.18 Å². The molecule has 2 heterocycles. The van der Waals surface area contributed by atoms with Gasteiger partial charge in [0, 0.05) is 17.4 Å². The summed E-state index contributed by atoms with van der Waals surface area (Å²) in [7, 11) is 0. The Labute approximate surface area is 143 Å². The van der Waals surface area contributed by atoms with Crippen LogP contribution in [0.2, 0.25) is 0 Å². The molecule has 3 rings (SSSR count). The minimum Gasteiger partial charge on any atom is -0.311 e. The van der Waals surface area contributed by atoms with Crippen LogP contribution in [0.15, 0.2) is 47.8 Å². The molecule has 0 unspecified atom stereocenters. The number of nitrogens with zero attached hydrogens (tertiary/aromatic N) is 2. The lowest BCUT2D eigenvalue weighted by atomic mass is 10.2. The van der Waals surface area contributed by atoms with Gasteiger partial charge in [-0.15, -0.1) is 11.3 Å². The predicted octanol–water partition coefficient (Wildman–Crippen LogP) is 4.34. The van der Waals surface area contributed by atoms with Crippen LogP contribution in [-0.2, 0) is 11.2 Å². The van der Waals surface area contributed by atoms with Crippen LogP contribution in [0, 0.1) is 12.7 Å². The topological polar surface area (TPSA) is 46.9 Å². The van der Waals surface area contributed by atoms with Gasteiger partial charge in [0.15, 0.2) is 0 Å². The first-order valence-corrected chi connectivity index (χ1v) is 8.64. The van der Waals surface area contributed by atoms with Crippen molar-refractivity contribution in [3.8, 4) is 5.69 Å². The van der Waals surface area contributed by atoms with Crippen molar-refractivity contribution in [3.63, 3.8) is 0 Å². The van der Waals surface area contributed by atoms with E-state index in [1.165, 1.54) is 17.0 Å². The van der Waals surface area contributed by atoms with Crippen LogP contribution in [0.25, 0.3) is 5.69 Å². The van der Waals surface area contributed by atoms with Crippen LogP contribution < -0.4 is 5.32 Å². The molecule has 1 aromatic carbocycles. The normalized spacial score (nSPS) is 10.8. The van der Waals surface area contributed by atoms with E-state index in [4.69, 9.17) is 0 Å². The van der Waals surface area contributed by atoms with E-state index in [1.807, 2.05) is 18.4 Å². The van der Waals surface area contributed by atoms with Crippen LogP contribution in [0.4, 0.5) is 10.2 Å². The molecular formula is C18H18FN3OS. The number of thiophene rings is 1. The van der Waals surface area contributed by atoms with Crippen LogP contribution in [0.1, 0.15) is 23.4 Å². The molecule has 2 aromatic heterocycles. The number of anilines is 1. The largest absolute Gasteiger partial charge is 0.311 e. The van der Waals surface area contributed by atoms with Crippen molar-refractivity contribution in [1.29, 1.82) is 0 Å². The quantitative estimate of drug-likeness (QED) is 0.723. The number of amides is 1. The molecule has 0 spiro atoms. The number of aromatic nitrogens is 2. The maximum absolute atomic E-state index is 13.1. The number of nitrogens with one attached hydrogen (secondary N) is 1. The number of carbonyl (C=O) groups excluding carboxylic acids is 1. The Balaban J connectivity index is 1.64. The number of benzene rings is 1. The Bertz CT molecular complexity index is 809. The maximum atomic E-state index is 13.1. The van der Waals surface area contributed by atoms with Crippen LogP contribution in [0.3, 0.4) is 0 Å². The predicted molar refractivity (Wildman–Crippen MR) is 94.1 cm³/mol. The average Bonchev–Trinajstić information content (AvgIpc) is 3.18. The van der Waals surface area contributed by atoms with Crippen molar-refractivity contribution >= 4 is 23.1 Å². The van der Waals surface area contributed by atoms with Gasteiger partial charge >= 0.3 is 0 Å². The Morgan fingerprint density at radius 1 is 1.29 bits per heavy atom. The summed E-state index contributed by atoms with van der Waals surface area (Å²) in [6.45, 7) is 1.85. The van der Waals surface area contributed by atoms with Gasteiger partial charge in [0.1, 0.15) is 11.6 Å². The molecule has 24 heavy (non-hydrogen) atoms. The van der Waals surface area contributed by atoms with E-state index < -0.39 is 0 Å².